The van der Waals surface area contributed by atoms with Crippen molar-refractivity contribution < 1.29 is 4.79 Å². The van der Waals surface area contributed by atoms with Gasteiger partial charge in [0, 0.05) is 17.7 Å². The van der Waals surface area contributed by atoms with Gasteiger partial charge in [0.2, 0.25) is 5.95 Å². The van der Waals surface area contributed by atoms with E-state index < -0.39 is 0 Å². The predicted octanol–water partition coefficient (Wildman–Crippen LogP) is 2.88. The van der Waals surface area contributed by atoms with Gasteiger partial charge in [0.15, 0.2) is 5.78 Å². The van der Waals surface area contributed by atoms with Crippen LogP contribution in [-0.4, -0.2) is 15.8 Å². The maximum absolute atomic E-state index is 12.7. The number of rotatable bonds is 3. The largest absolute Gasteiger partial charge is 0.368 e. The van der Waals surface area contributed by atoms with Crippen LogP contribution in [0.3, 0.4) is 0 Å². The molecule has 23 heavy (non-hydrogen) atoms. The third kappa shape index (κ3) is 2.23. The van der Waals surface area contributed by atoms with E-state index in [9.17, 15) is 4.79 Å². The molecule has 112 valence electrons. The summed E-state index contributed by atoms with van der Waals surface area (Å²) in [4.78, 5) is 21.2. The fourth-order valence-corrected chi connectivity index (χ4v) is 2.82. The van der Waals surface area contributed by atoms with E-state index in [-0.39, 0.29) is 11.7 Å². The Morgan fingerprint density at radius 1 is 0.913 bits per heavy atom. The minimum absolute atomic E-state index is 0.0637. The zero-order valence-electron chi connectivity index (χ0n) is 12.3. The van der Waals surface area contributed by atoms with Crippen LogP contribution < -0.4 is 11.1 Å². The van der Waals surface area contributed by atoms with Crippen molar-refractivity contribution in [3.8, 4) is 11.3 Å². The van der Waals surface area contributed by atoms with Crippen LogP contribution in [0.4, 0.5) is 11.8 Å². The number of nitrogen functional groups attached to an aromatic ring is 1. The highest BCUT2D eigenvalue weighted by molar-refractivity contribution is 6.23. The summed E-state index contributed by atoms with van der Waals surface area (Å²) in [6, 6.07) is 17.3. The summed E-state index contributed by atoms with van der Waals surface area (Å²) in [5.41, 5.74) is 9.48. The first-order chi connectivity index (χ1) is 11.2. The van der Waals surface area contributed by atoms with Gasteiger partial charge in [-0.15, -0.1) is 0 Å². The van der Waals surface area contributed by atoms with Gasteiger partial charge >= 0.3 is 0 Å². The van der Waals surface area contributed by atoms with E-state index in [0.717, 1.165) is 11.1 Å². The zero-order valence-corrected chi connectivity index (χ0v) is 12.3. The standard InChI is InChI=1S/C18H14N4O/c19-18-21-15-12-8-4-5-9-13(12)16(23)14(15)17(22-18)20-10-11-6-2-1-3-7-11/h1-9H,10H2,(H3,19,20,21,22). The van der Waals surface area contributed by atoms with Gasteiger partial charge in [-0.1, -0.05) is 54.6 Å². The summed E-state index contributed by atoms with van der Waals surface area (Å²) < 4.78 is 0. The second-order valence-electron chi connectivity index (χ2n) is 5.37. The minimum atomic E-state index is -0.0637. The molecular formula is C18H14N4O. The summed E-state index contributed by atoms with van der Waals surface area (Å²) >= 11 is 0. The van der Waals surface area contributed by atoms with Crippen LogP contribution in [-0.2, 0) is 6.54 Å². The maximum Gasteiger partial charge on any atom is 0.222 e. The highest BCUT2D eigenvalue weighted by Gasteiger charge is 2.31. The van der Waals surface area contributed by atoms with Crippen molar-refractivity contribution in [2.45, 2.75) is 6.54 Å². The van der Waals surface area contributed by atoms with Crippen LogP contribution >= 0.6 is 0 Å². The van der Waals surface area contributed by atoms with E-state index in [0.29, 0.717) is 29.2 Å². The predicted molar refractivity (Wildman–Crippen MR) is 89.1 cm³/mol. The molecule has 0 bridgehead atoms. The molecule has 5 nitrogen and oxygen atoms in total. The first-order valence-electron chi connectivity index (χ1n) is 7.33. The zero-order chi connectivity index (χ0) is 15.8. The van der Waals surface area contributed by atoms with Gasteiger partial charge in [-0.25, -0.2) is 4.98 Å². The molecule has 0 fully saturated rings. The second-order valence-corrected chi connectivity index (χ2v) is 5.37. The van der Waals surface area contributed by atoms with Crippen molar-refractivity contribution in [3.05, 3.63) is 71.3 Å². The van der Waals surface area contributed by atoms with Crippen LogP contribution in [0, 0.1) is 0 Å². The molecule has 1 aliphatic rings. The van der Waals surface area contributed by atoms with Crippen LogP contribution in [0.2, 0.25) is 0 Å². The first kappa shape index (κ1) is 13.5. The Labute approximate surface area is 133 Å². The van der Waals surface area contributed by atoms with Crippen molar-refractivity contribution in [2.75, 3.05) is 11.1 Å². The lowest BCUT2D eigenvalue weighted by molar-refractivity contribution is 0.104. The number of anilines is 2. The SMILES string of the molecule is Nc1nc(NCc2ccccc2)c2c(n1)-c1ccccc1C2=O. The quantitative estimate of drug-likeness (QED) is 0.608. The molecule has 1 aliphatic carbocycles. The molecular weight excluding hydrogens is 288 g/mol. The summed E-state index contributed by atoms with van der Waals surface area (Å²) in [6.45, 7) is 0.563. The number of carbonyl (C=O) groups excluding carboxylic acids is 1. The number of carbonyl (C=O) groups is 1. The summed E-state index contributed by atoms with van der Waals surface area (Å²) in [5, 5.41) is 3.22. The third-order valence-electron chi connectivity index (χ3n) is 3.88. The minimum Gasteiger partial charge on any atom is -0.368 e. The average Bonchev–Trinajstić information content (AvgIpc) is 2.87. The van der Waals surface area contributed by atoms with Crippen LogP contribution in [0.1, 0.15) is 21.5 Å². The topological polar surface area (TPSA) is 80.9 Å². The van der Waals surface area contributed by atoms with E-state index in [1.54, 1.807) is 6.07 Å². The van der Waals surface area contributed by atoms with Gasteiger partial charge in [0.25, 0.3) is 0 Å². The molecule has 5 heteroatoms. The molecule has 4 rings (SSSR count). The number of hydrogen-bond donors (Lipinski definition) is 2. The smallest absolute Gasteiger partial charge is 0.222 e. The molecule has 3 N–H and O–H groups in total. The third-order valence-corrected chi connectivity index (χ3v) is 3.88. The number of benzene rings is 2. The van der Waals surface area contributed by atoms with Gasteiger partial charge in [0.05, 0.1) is 11.3 Å². The molecule has 3 aromatic rings. The molecule has 0 spiro atoms. The van der Waals surface area contributed by atoms with Gasteiger partial charge in [-0.2, -0.15) is 4.98 Å². The molecule has 1 heterocycles. The molecule has 1 aromatic heterocycles. The number of ketones is 1. The normalized spacial score (nSPS) is 11.9. The lowest BCUT2D eigenvalue weighted by Gasteiger charge is -2.10. The summed E-state index contributed by atoms with van der Waals surface area (Å²) in [5.74, 6) is 0.576. The van der Waals surface area contributed by atoms with Gasteiger partial charge in [-0.3, -0.25) is 4.79 Å². The van der Waals surface area contributed by atoms with E-state index in [1.165, 1.54) is 0 Å². The monoisotopic (exact) mass is 302 g/mol. The molecule has 2 aromatic carbocycles. The summed E-state index contributed by atoms with van der Waals surface area (Å²) in [7, 11) is 0. The van der Waals surface area contributed by atoms with E-state index in [2.05, 4.69) is 15.3 Å². The number of aromatic nitrogens is 2. The summed E-state index contributed by atoms with van der Waals surface area (Å²) in [6.07, 6.45) is 0. The van der Waals surface area contributed by atoms with Crippen molar-refractivity contribution in [1.29, 1.82) is 0 Å². The number of fused-ring (bicyclic) bond motifs is 3. The Bertz CT molecular complexity index is 906. The lowest BCUT2D eigenvalue weighted by atomic mass is 10.1. The van der Waals surface area contributed by atoms with Gasteiger partial charge < -0.3 is 11.1 Å². The highest BCUT2D eigenvalue weighted by Crippen LogP contribution is 2.38. The molecule has 0 unspecified atom stereocenters. The Hall–Kier alpha value is -3.21. The Balaban J connectivity index is 1.76. The van der Waals surface area contributed by atoms with Crippen molar-refractivity contribution >= 4 is 17.5 Å². The second kappa shape index (κ2) is 5.21. The number of nitrogens with two attached hydrogens (primary N) is 1. The lowest BCUT2D eigenvalue weighted by Crippen LogP contribution is -2.10. The van der Waals surface area contributed by atoms with E-state index >= 15 is 0 Å². The van der Waals surface area contributed by atoms with Gasteiger partial charge in [-0.05, 0) is 5.56 Å². The molecule has 0 saturated carbocycles. The maximum atomic E-state index is 12.7. The molecule has 0 saturated heterocycles. The van der Waals surface area contributed by atoms with Gasteiger partial charge in [0.1, 0.15) is 5.82 Å². The molecule has 0 amide bonds. The van der Waals surface area contributed by atoms with Crippen molar-refractivity contribution in [3.63, 3.8) is 0 Å². The number of nitrogens with zero attached hydrogens (tertiary/aromatic N) is 2. The first-order valence-corrected chi connectivity index (χ1v) is 7.33. The van der Waals surface area contributed by atoms with Crippen LogP contribution in [0.25, 0.3) is 11.3 Å². The Kier molecular flexibility index (Phi) is 3.05. The fraction of sp³-hybridized carbons (Fsp3) is 0.0556. The number of nitrogens with one attached hydrogen (secondary N) is 1. The average molecular weight is 302 g/mol. The van der Waals surface area contributed by atoms with Crippen molar-refractivity contribution in [2.24, 2.45) is 0 Å². The highest BCUT2D eigenvalue weighted by atomic mass is 16.1. The fourth-order valence-electron chi connectivity index (χ4n) is 2.82. The van der Waals surface area contributed by atoms with Crippen molar-refractivity contribution in [1.82, 2.24) is 9.97 Å². The molecule has 0 aliphatic heterocycles. The van der Waals surface area contributed by atoms with Crippen LogP contribution in [0.5, 0.6) is 0 Å². The molecule has 0 radical (unpaired) electrons. The Morgan fingerprint density at radius 2 is 1.61 bits per heavy atom. The van der Waals surface area contributed by atoms with E-state index in [4.69, 9.17) is 5.73 Å². The van der Waals surface area contributed by atoms with E-state index in [1.807, 2.05) is 48.5 Å². The number of hydrogen-bond acceptors (Lipinski definition) is 5. The Morgan fingerprint density at radius 3 is 2.39 bits per heavy atom. The van der Waals surface area contributed by atoms with Crippen LogP contribution in [0.15, 0.2) is 54.6 Å². The molecule has 0 atom stereocenters.